The number of Topliss-reactive ketones (excluding diaryl/α,β-unsaturated/α-hetero) is 1. The van der Waals surface area contributed by atoms with Gasteiger partial charge in [-0.2, -0.15) is 0 Å². The Morgan fingerprint density at radius 2 is 2.04 bits per heavy atom. The minimum atomic E-state index is -3.86. The predicted octanol–water partition coefficient (Wildman–Crippen LogP) is 3.62. The smallest absolute Gasteiger partial charge is 0.240 e. The van der Waals surface area contributed by atoms with E-state index in [0.29, 0.717) is 24.1 Å². The molecule has 0 amide bonds. The maximum Gasteiger partial charge on any atom is 0.240 e. The van der Waals surface area contributed by atoms with Crippen molar-refractivity contribution in [3.8, 4) is 0 Å². The number of halogens is 2. The molecule has 1 N–H and O–H groups in total. The van der Waals surface area contributed by atoms with Crippen LogP contribution in [0.3, 0.4) is 0 Å². The summed E-state index contributed by atoms with van der Waals surface area (Å²) < 4.78 is 40.1. The fourth-order valence-corrected chi connectivity index (χ4v) is 4.23. The number of benzene rings is 1. The number of sulfonamides is 1. The monoisotopic (exact) mass is 439 g/mol. The van der Waals surface area contributed by atoms with Crippen molar-refractivity contribution >= 4 is 38.7 Å². The molecule has 0 saturated heterocycles. The van der Waals surface area contributed by atoms with Gasteiger partial charge in [0.1, 0.15) is 11.5 Å². The molecule has 0 atom stereocenters. The Morgan fingerprint density at radius 3 is 2.68 bits per heavy atom. The zero-order chi connectivity index (χ0) is 20.1. The number of nitrogens with one attached hydrogen (secondary N) is 1. The summed E-state index contributed by atoms with van der Waals surface area (Å²) in [6.45, 7) is -0.0298. The molecule has 3 aromatic rings. The molecule has 6 nitrogen and oxygen atoms in total. The van der Waals surface area contributed by atoms with Crippen LogP contribution in [0.25, 0.3) is 0 Å². The summed E-state index contributed by atoms with van der Waals surface area (Å²) in [5.41, 5.74) is 0.890. The van der Waals surface area contributed by atoms with Crippen LogP contribution in [0, 0.1) is 5.82 Å². The van der Waals surface area contributed by atoms with Crippen LogP contribution in [0.1, 0.15) is 27.5 Å². The Balaban J connectivity index is 1.59. The van der Waals surface area contributed by atoms with Gasteiger partial charge in [0.05, 0.1) is 14.9 Å². The highest BCUT2D eigenvalue weighted by molar-refractivity contribution is 7.89. The Bertz CT molecular complexity index is 1070. The molecule has 0 spiro atoms. The highest BCUT2D eigenvalue weighted by Gasteiger charge is 2.16. The molecule has 0 aliphatic carbocycles. The second-order valence-electron chi connectivity index (χ2n) is 5.80. The van der Waals surface area contributed by atoms with E-state index < -0.39 is 15.8 Å². The number of thiazole rings is 1. The number of nitrogens with zero attached hydrogens (tertiary/aromatic N) is 2. The van der Waals surface area contributed by atoms with Crippen LogP contribution >= 0.6 is 22.9 Å². The highest BCUT2D eigenvalue weighted by Crippen LogP contribution is 2.19. The van der Waals surface area contributed by atoms with Gasteiger partial charge in [0.25, 0.3) is 0 Å². The number of ketones is 1. The van der Waals surface area contributed by atoms with Crippen LogP contribution < -0.4 is 4.72 Å². The summed E-state index contributed by atoms with van der Waals surface area (Å²) in [7, 11) is -3.86. The first-order valence-corrected chi connectivity index (χ1v) is 10.9. The lowest BCUT2D eigenvalue weighted by molar-refractivity contribution is 0.0978. The zero-order valence-electron chi connectivity index (χ0n) is 14.4. The van der Waals surface area contributed by atoms with E-state index in [1.165, 1.54) is 17.5 Å². The van der Waals surface area contributed by atoms with Crippen molar-refractivity contribution in [2.24, 2.45) is 0 Å². The van der Waals surface area contributed by atoms with Crippen molar-refractivity contribution in [2.45, 2.75) is 24.3 Å². The van der Waals surface area contributed by atoms with E-state index in [1.807, 2.05) is 5.38 Å². The van der Waals surface area contributed by atoms with Gasteiger partial charge in [-0.25, -0.2) is 22.5 Å². The Labute approximate surface area is 170 Å². The molecule has 0 fully saturated rings. The minimum absolute atomic E-state index is 0.0298. The van der Waals surface area contributed by atoms with Crippen LogP contribution in [-0.2, 0) is 23.0 Å². The standard InChI is InChI=1S/C18H15ClFN3O3S2/c19-14-9-13(2-3-15(14)20)28(25,26)23-11-12-1-4-16(22-10-12)17(24)5-6-18-21-7-8-27-18/h1-4,7-10,23H,5-6,11H2. The molecular formula is C18H15ClFN3O3S2. The number of aryl methyl sites for hydroxylation is 1. The lowest BCUT2D eigenvalue weighted by Crippen LogP contribution is -2.23. The Kier molecular flexibility index (Phi) is 6.50. The molecule has 2 heterocycles. The van der Waals surface area contributed by atoms with Gasteiger partial charge in [-0.1, -0.05) is 17.7 Å². The van der Waals surface area contributed by atoms with Crippen molar-refractivity contribution in [3.05, 3.63) is 75.2 Å². The fraction of sp³-hybridized carbons (Fsp3) is 0.167. The molecular weight excluding hydrogens is 425 g/mol. The fourth-order valence-electron chi connectivity index (χ4n) is 2.32. The maximum atomic E-state index is 13.2. The molecule has 2 aromatic heterocycles. The summed E-state index contributed by atoms with van der Waals surface area (Å²) in [6, 6.07) is 6.35. The van der Waals surface area contributed by atoms with Crippen LogP contribution in [0.4, 0.5) is 4.39 Å². The second-order valence-corrected chi connectivity index (χ2v) is 8.95. The van der Waals surface area contributed by atoms with E-state index in [2.05, 4.69) is 14.7 Å². The van der Waals surface area contributed by atoms with Crippen LogP contribution in [-0.4, -0.2) is 24.2 Å². The largest absolute Gasteiger partial charge is 0.292 e. The average molecular weight is 440 g/mol. The van der Waals surface area contributed by atoms with Crippen molar-refractivity contribution in [1.29, 1.82) is 0 Å². The first kappa shape index (κ1) is 20.5. The number of pyridine rings is 1. The Morgan fingerprint density at radius 1 is 1.21 bits per heavy atom. The van der Waals surface area contributed by atoms with E-state index in [-0.39, 0.29) is 22.2 Å². The number of hydrogen-bond donors (Lipinski definition) is 1. The van der Waals surface area contributed by atoms with Gasteiger partial charge >= 0.3 is 0 Å². The van der Waals surface area contributed by atoms with Gasteiger partial charge in [-0.15, -0.1) is 11.3 Å². The average Bonchev–Trinajstić information content (AvgIpc) is 3.20. The highest BCUT2D eigenvalue weighted by atomic mass is 35.5. The number of aromatic nitrogens is 2. The van der Waals surface area contributed by atoms with E-state index in [9.17, 15) is 17.6 Å². The molecule has 0 unspecified atom stereocenters. The summed E-state index contributed by atoms with van der Waals surface area (Å²) in [5.74, 6) is -0.803. The van der Waals surface area contributed by atoms with Crippen LogP contribution in [0.15, 0.2) is 53.0 Å². The van der Waals surface area contributed by atoms with E-state index in [0.717, 1.165) is 23.2 Å². The first-order valence-electron chi connectivity index (χ1n) is 8.16. The summed E-state index contributed by atoms with van der Waals surface area (Å²) in [4.78, 5) is 20.3. The normalized spacial score (nSPS) is 11.5. The molecule has 10 heteroatoms. The maximum absolute atomic E-state index is 13.2. The van der Waals surface area contributed by atoms with Gasteiger partial charge in [-0.3, -0.25) is 9.78 Å². The number of carbonyl (C=O) groups excluding carboxylic acids is 1. The predicted molar refractivity (Wildman–Crippen MR) is 104 cm³/mol. The van der Waals surface area contributed by atoms with Crippen molar-refractivity contribution in [2.75, 3.05) is 0 Å². The Hall–Kier alpha value is -2.20. The molecule has 0 aliphatic heterocycles. The SMILES string of the molecule is O=C(CCc1nccs1)c1ccc(CNS(=O)(=O)c2ccc(F)c(Cl)c2)cn1. The van der Waals surface area contributed by atoms with Gasteiger partial charge in [0, 0.05) is 37.2 Å². The molecule has 3 rings (SSSR count). The number of carbonyl (C=O) groups is 1. The van der Waals surface area contributed by atoms with Crippen molar-refractivity contribution in [3.63, 3.8) is 0 Å². The molecule has 0 radical (unpaired) electrons. The topological polar surface area (TPSA) is 89.0 Å². The third-order valence-corrected chi connectivity index (χ3v) is 6.36. The molecule has 0 saturated carbocycles. The third kappa shape index (κ3) is 5.20. The number of hydrogen-bond acceptors (Lipinski definition) is 6. The lowest BCUT2D eigenvalue weighted by atomic mass is 10.1. The van der Waals surface area contributed by atoms with Crippen molar-refractivity contribution in [1.82, 2.24) is 14.7 Å². The van der Waals surface area contributed by atoms with E-state index in [4.69, 9.17) is 11.6 Å². The molecule has 146 valence electrons. The van der Waals surface area contributed by atoms with Gasteiger partial charge in [-0.05, 0) is 29.8 Å². The van der Waals surface area contributed by atoms with Crippen LogP contribution in [0.5, 0.6) is 0 Å². The second kappa shape index (κ2) is 8.87. The van der Waals surface area contributed by atoms with E-state index >= 15 is 0 Å². The molecule has 0 bridgehead atoms. The third-order valence-electron chi connectivity index (χ3n) is 3.83. The first-order chi connectivity index (χ1) is 13.3. The molecule has 28 heavy (non-hydrogen) atoms. The number of rotatable bonds is 8. The van der Waals surface area contributed by atoms with Crippen LogP contribution in [0.2, 0.25) is 5.02 Å². The van der Waals surface area contributed by atoms with E-state index in [1.54, 1.807) is 18.3 Å². The van der Waals surface area contributed by atoms with Gasteiger partial charge in [0.2, 0.25) is 10.0 Å². The molecule has 1 aromatic carbocycles. The summed E-state index contributed by atoms with van der Waals surface area (Å²) in [5, 5.41) is 2.47. The quantitative estimate of drug-likeness (QED) is 0.541. The molecule has 0 aliphatic rings. The summed E-state index contributed by atoms with van der Waals surface area (Å²) in [6.07, 6.45) is 3.99. The minimum Gasteiger partial charge on any atom is -0.292 e. The van der Waals surface area contributed by atoms with Crippen molar-refractivity contribution < 1.29 is 17.6 Å². The zero-order valence-corrected chi connectivity index (χ0v) is 16.8. The lowest BCUT2D eigenvalue weighted by Gasteiger charge is -2.08. The summed E-state index contributed by atoms with van der Waals surface area (Å²) >= 11 is 7.12. The van der Waals surface area contributed by atoms with Gasteiger partial charge < -0.3 is 0 Å². The van der Waals surface area contributed by atoms with Gasteiger partial charge in [0.15, 0.2) is 5.78 Å².